The van der Waals surface area contributed by atoms with E-state index in [1.165, 1.54) is 13.0 Å². The Morgan fingerprint density at radius 3 is 2.61 bits per heavy atom. The van der Waals surface area contributed by atoms with Crippen LogP contribution in [-0.4, -0.2) is 43.5 Å². The van der Waals surface area contributed by atoms with Gasteiger partial charge in [-0.25, -0.2) is 0 Å². The Bertz CT molecular complexity index is 411. The monoisotopic (exact) mass is 247 g/mol. The molecule has 1 amide bonds. The molecule has 0 spiro atoms. The number of carbonyl (C=O) groups is 1. The number of piperazine rings is 1. The van der Waals surface area contributed by atoms with E-state index in [9.17, 15) is 4.79 Å². The van der Waals surface area contributed by atoms with Crippen molar-refractivity contribution in [2.45, 2.75) is 13.3 Å². The van der Waals surface area contributed by atoms with E-state index >= 15 is 0 Å². The lowest BCUT2D eigenvalue weighted by Gasteiger charge is -2.36. The first-order chi connectivity index (χ1) is 8.70. The summed E-state index contributed by atoms with van der Waals surface area (Å²) in [5, 5.41) is 0. The molecule has 18 heavy (non-hydrogen) atoms. The van der Waals surface area contributed by atoms with Gasteiger partial charge in [-0.15, -0.1) is 0 Å². The van der Waals surface area contributed by atoms with Crippen LogP contribution in [0.15, 0.2) is 24.3 Å². The molecule has 1 aromatic carbocycles. The molecule has 1 aliphatic heterocycles. The highest BCUT2D eigenvalue weighted by atomic mass is 16.1. The molecule has 0 saturated carbocycles. The summed E-state index contributed by atoms with van der Waals surface area (Å²) in [7, 11) is 0. The maximum absolute atomic E-state index is 11.2. The standard InChI is InChI=1S/C14H21N3O/c1-2-6-16-7-9-17(10-8-16)13-5-3-4-12(11-13)14(15)18/h3-5,11H,2,6-10H2,1H3,(H2,15,18). The third-order valence-corrected chi connectivity index (χ3v) is 3.41. The van der Waals surface area contributed by atoms with Gasteiger partial charge in [0.1, 0.15) is 0 Å². The van der Waals surface area contributed by atoms with Crippen LogP contribution in [0.3, 0.4) is 0 Å². The Morgan fingerprint density at radius 1 is 1.28 bits per heavy atom. The summed E-state index contributed by atoms with van der Waals surface area (Å²) in [5.74, 6) is -0.360. The van der Waals surface area contributed by atoms with Crippen molar-refractivity contribution in [2.75, 3.05) is 37.6 Å². The van der Waals surface area contributed by atoms with Crippen molar-refractivity contribution >= 4 is 11.6 Å². The van der Waals surface area contributed by atoms with E-state index in [-0.39, 0.29) is 5.91 Å². The van der Waals surface area contributed by atoms with Crippen molar-refractivity contribution < 1.29 is 4.79 Å². The molecule has 0 unspecified atom stereocenters. The predicted octanol–water partition coefficient (Wildman–Crippen LogP) is 1.32. The minimum atomic E-state index is -0.360. The van der Waals surface area contributed by atoms with Crippen molar-refractivity contribution in [3.63, 3.8) is 0 Å². The Morgan fingerprint density at radius 2 is 2.00 bits per heavy atom. The lowest BCUT2D eigenvalue weighted by Crippen LogP contribution is -2.46. The van der Waals surface area contributed by atoms with Crippen LogP contribution in [0.1, 0.15) is 23.7 Å². The molecule has 0 radical (unpaired) electrons. The maximum atomic E-state index is 11.2. The van der Waals surface area contributed by atoms with Gasteiger partial charge in [0.05, 0.1) is 0 Å². The summed E-state index contributed by atoms with van der Waals surface area (Å²) in [4.78, 5) is 16.0. The van der Waals surface area contributed by atoms with E-state index in [1.807, 2.05) is 18.2 Å². The highest BCUT2D eigenvalue weighted by molar-refractivity contribution is 5.93. The van der Waals surface area contributed by atoms with Gasteiger partial charge in [0.2, 0.25) is 5.91 Å². The molecule has 98 valence electrons. The molecule has 2 N–H and O–H groups in total. The van der Waals surface area contributed by atoms with Gasteiger partial charge in [0.25, 0.3) is 0 Å². The largest absolute Gasteiger partial charge is 0.369 e. The van der Waals surface area contributed by atoms with E-state index in [4.69, 9.17) is 5.73 Å². The molecular formula is C14H21N3O. The number of amides is 1. The van der Waals surface area contributed by atoms with Gasteiger partial charge in [-0.3, -0.25) is 9.69 Å². The van der Waals surface area contributed by atoms with Crippen molar-refractivity contribution in [3.8, 4) is 0 Å². The average molecular weight is 247 g/mol. The number of primary amides is 1. The first-order valence-corrected chi connectivity index (χ1v) is 6.58. The fourth-order valence-electron chi connectivity index (χ4n) is 2.40. The predicted molar refractivity (Wildman–Crippen MR) is 73.9 cm³/mol. The van der Waals surface area contributed by atoms with Crippen LogP contribution in [0.25, 0.3) is 0 Å². The molecule has 1 aliphatic rings. The fourth-order valence-corrected chi connectivity index (χ4v) is 2.40. The van der Waals surface area contributed by atoms with E-state index < -0.39 is 0 Å². The third kappa shape index (κ3) is 3.01. The van der Waals surface area contributed by atoms with Gasteiger partial charge in [-0.05, 0) is 31.2 Å². The van der Waals surface area contributed by atoms with Gasteiger partial charge < -0.3 is 10.6 Å². The number of nitrogens with zero attached hydrogens (tertiary/aromatic N) is 2. The molecular weight excluding hydrogens is 226 g/mol. The second kappa shape index (κ2) is 5.87. The first-order valence-electron chi connectivity index (χ1n) is 6.58. The highest BCUT2D eigenvalue weighted by Crippen LogP contribution is 2.18. The summed E-state index contributed by atoms with van der Waals surface area (Å²) in [6.45, 7) is 7.60. The first kappa shape index (κ1) is 12.9. The molecule has 1 heterocycles. The van der Waals surface area contributed by atoms with Gasteiger partial charge in [0.15, 0.2) is 0 Å². The lowest BCUT2D eigenvalue weighted by atomic mass is 10.1. The molecule has 0 aromatic heterocycles. The summed E-state index contributed by atoms with van der Waals surface area (Å²) in [6.07, 6.45) is 1.21. The van der Waals surface area contributed by atoms with Crippen LogP contribution in [0.5, 0.6) is 0 Å². The number of hydrogen-bond acceptors (Lipinski definition) is 3. The van der Waals surface area contributed by atoms with Gasteiger partial charge >= 0.3 is 0 Å². The fraction of sp³-hybridized carbons (Fsp3) is 0.500. The number of rotatable bonds is 4. The van der Waals surface area contributed by atoms with Crippen LogP contribution in [0.2, 0.25) is 0 Å². The number of nitrogens with two attached hydrogens (primary N) is 1. The van der Waals surface area contributed by atoms with E-state index in [0.717, 1.165) is 31.9 Å². The summed E-state index contributed by atoms with van der Waals surface area (Å²) in [5.41, 5.74) is 6.99. The van der Waals surface area contributed by atoms with Gasteiger partial charge in [-0.1, -0.05) is 13.0 Å². The zero-order valence-electron chi connectivity index (χ0n) is 10.9. The number of carbonyl (C=O) groups excluding carboxylic acids is 1. The van der Waals surface area contributed by atoms with Crippen molar-refractivity contribution in [1.82, 2.24) is 4.90 Å². The second-order valence-electron chi connectivity index (χ2n) is 4.74. The lowest BCUT2D eigenvalue weighted by molar-refractivity contribution is 0.100. The third-order valence-electron chi connectivity index (χ3n) is 3.41. The zero-order valence-corrected chi connectivity index (χ0v) is 10.9. The minimum absolute atomic E-state index is 0.360. The van der Waals surface area contributed by atoms with Crippen LogP contribution in [-0.2, 0) is 0 Å². The van der Waals surface area contributed by atoms with Crippen molar-refractivity contribution in [2.24, 2.45) is 5.73 Å². The molecule has 4 heteroatoms. The second-order valence-corrected chi connectivity index (χ2v) is 4.74. The van der Waals surface area contributed by atoms with Crippen LogP contribution in [0.4, 0.5) is 5.69 Å². The summed E-state index contributed by atoms with van der Waals surface area (Å²) >= 11 is 0. The average Bonchev–Trinajstić information content (AvgIpc) is 2.40. The topological polar surface area (TPSA) is 49.6 Å². The normalized spacial score (nSPS) is 16.8. The molecule has 1 saturated heterocycles. The summed E-state index contributed by atoms with van der Waals surface area (Å²) < 4.78 is 0. The molecule has 1 fully saturated rings. The minimum Gasteiger partial charge on any atom is -0.369 e. The Kier molecular flexibility index (Phi) is 4.20. The highest BCUT2D eigenvalue weighted by Gasteiger charge is 2.16. The molecule has 1 aromatic rings. The van der Waals surface area contributed by atoms with Crippen molar-refractivity contribution in [1.29, 1.82) is 0 Å². The number of benzene rings is 1. The molecule has 4 nitrogen and oxygen atoms in total. The Balaban J connectivity index is 2.01. The smallest absolute Gasteiger partial charge is 0.248 e. The van der Waals surface area contributed by atoms with E-state index in [0.29, 0.717) is 5.56 Å². The summed E-state index contributed by atoms with van der Waals surface area (Å²) in [6, 6.07) is 7.59. The van der Waals surface area contributed by atoms with Crippen molar-refractivity contribution in [3.05, 3.63) is 29.8 Å². The maximum Gasteiger partial charge on any atom is 0.248 e. The zero-order chi connectivity index (χ0) is 13.0. The molecule has 2 rings (SSSR count). The molecule has 0 atom stereocenters. The molecule has 0 aliphatic carbocycles. The SMILES string of the molecule is CCCN1CCN(c2cccc(C(N)=O)c2)CC1. The number of hydrogen-bond donors (Lipinski definition) is 1. The van der Waals surface area contributed by atoms with Gasteiger partial charge in [0, 0.05) is 37.4 Å². The van der Waals surface area contributed by atoms with Crippen LogP contribution >= 0.6 is 0 Å². The van der Waals surface area contributed by atoms with E-state index in [2.05, 4.69) is 16.7 Å². The number of anilines is 1. The van der Waals surface area contributed by atoms with Gasteiger partial charge in [-0.2, -0.15) is 0 Å². The van der Waals surface area contributed by atoms with Crippen LogP contribution < -0.4 is 10.6 Å². The Hall–Kier alpha value is -1.55. The molecule has 0 bridgehead atoms. The quantitative estimate of drug-likeness (QED) is 0.873. The van der Waals surface area contributed by atoms with Crippen LogP contribution in [0, 0.1) is 0 Å². The Labute approximate surface area is 108 Å². The van der Waals surface area contributed by atoms with E-state index in [1.54, 1.807) is 6.07 Å².